The van der Waals surface area contributed by atoms with Crippen LogP contribution in [0.1, 0.15) is 19.0 Å². The van der Waals surface area contributed by atoms with Crippen molar-refractivity contribution in [1.29, 1.82) is 0 Å². The summed E-state index contributed by atoms with van der Waals surface area (Å²) in [5, 5.41) is 0.961. The van der Waals surface area contributed by atoms with Crippen LogP contribution >= 0.6 is 11.8 Å². The van der Waals surface area contributed by atoms with E-state index in [1.54, 1.807) is 0 Å². The third-order valence-corrected chi connectivity index (χ3v) is 3.46. The van der Waals surface area contributed by atoms with Crippen LogP contribution in [-0.4, -0.2) is 27.0 Å². The van der Waals surface area contributed by atoms with Gasteiger partial charge in [-0.25, -0.2) is 20.8 Å². The number of nitrogen functional groups attached to an aromatic ring is 1. The number of methoxy groups -OCH3 is 1. The van der Waals surface area contributed by atoms with Gasteiger partial charge in [-0.05, 0) is 18.2 Å². The number of rotatable bonds is 6. The molecule has 0 radical (unpaired) electrons. The van der Waals surface area contributed by atoms with Crippen LogP contribution in [0.3, 0.4) is 0 Å². The highest BCUT2D eigenvalue weighted by Gasteiger charge is 2.14. The quantitative estimate of drug-likeness (QED) is 0.312. The largest absolute Gasteiger partial charge is 0.490 e. The molecular weight excluding hydrogens is 292 g/mol. The van der Waals surface area contributed by atoms with Crippen LogP contribution in [0.2, 0.25) is 0 Å². The molecule has 2 aromatic rings. The highest BCUT2D eigenvalue weighted by molar-refractivity contribution is 7.99. The lowest BCUT2D eigenvalue weighted by molar-refractivity contribution is 0.400. The van der Waals surface area contributed by atoms with E-state index in [0.29, 0.717) is 21.7 Å². The molecule has 8 nitrogen and oxygen atoms in total. The van der Waals surface area contributed by atoms with Crippen molar-refractivity contribution in [2.24, 2.45) is 5.84 Å². The normalized spacial score (nSPS) is 10.4. The Bertz CT molecular complexity index is 675. The summed E-state index contributed by atoms with van der Waals surface area (Å²) in [4.78, 5) is 26.8. The molecule has 0 bridgehead atoms. The Morgan fingerprint density at radius 2 is 2.29 bits per heavy atom. The van der Waals surface area contributed by atoms with Crippen molar-refractivity contribution in [3.63, 3.8) is 0 Å². The molecule has 0 saturated heterocycles. The molecule has 2 aromatic heterocycles. The van der Waals surface area contributed by atoms with Crippen LogP contribution in [-0.2, 0) is 6.42 Å². The monoisotopic (exact) mass is 308 g/mol. The van der Waals surface area contributed by atoms with Gasteiger partial charge in [-0.3, -0.25) is 4.79 Å². The summed E-state index contributed by atoms with van der Waals surface area (Å²) >= 11 is 1.18. The van der Waals surface area contributed by atoms with E-state index >= 15 is 0 Å². The zero-order valence-corrected chi connectivity index (χ0v) is 12.5. The summed E-state index contributed by atoms with van der Waals surface area (Å²) in [7, 11) is 1.49. The average molecular weight is 308 g/mol. The summed E-state index contributed by atoms with van der Waals surface area (Å²) in [5.74, 6) is 6.13. The maximum Gasteiger partial charge on any atom is 0.251 e. The van der Waals surface area contributed by atoms with Gasteiger partial charge in [0.2, 0.25) is 0 Å². The lowest BCUT2D eigenvalue weighted by Crippen LogP contribution is -2.12. The maximum atomic E-state index is 11.6. The highest BCUT2D eigenvalue weighted by Crippen LogP contribution is 2.34. The van der Waals surface area contributed by atoms with Crippen molar-refractivity contribution in [2.45, 2.75) is 29.9 Å². The van der Waals surface area contributed by atoms with Crippen molar-refractivity contribution in [3.05, 3.63) is 28.4 Å². The Kier molecular flexibility index (Phi) is 5.12. The molecule has 0 amide bonds. The number of nitrogens with two attached hydrogens (primary N) is 1. The molecule has 0 unspecified atom stereocenters. The highest BCUT2D eigenvalue weighted by atomic mass is 32.2. The van der Waals surface area contributed by atoms with Crippen LogP contribution in [0.25, 0.3) is 0 Å². The summed E-state index contributed by atoms with van der Waals surface area (Å²) in [6.45, 7) is 2.03. The third-order valence-electron chi connectivity index (χ3n) is 2.58. The summed E-state index contributed by atoms with van der Waals surface area (Å²) in [6.07, 6.45) is 3.01. The second-order valence-electron chi connectivity index (χ2n) is 4.10. The topological polar surface area (TPSA) is 119 Å². The van der Waals surface area contributed by atoms with Crippen molar-refractivity contribution < 1.29 is 4.74 Å². The number of aromatic amines is 1. The third kappa shape index (κ3) is 3.70. The number of hydrazine groups is 1. The van der Waals surface area contributed by atoms with Crippen LogP contribution in [0, 0.1) is 0 Å². The maximum absolute atomic E-state index is 11.6. The minimum Gasteiger partial charge on any atom is -0.490 e. The molecule has 112 valence electrons. The number of hydrogen-bond acceptors (Lipinski definition) is 8. The SMILES string of the molecule is CCCc1cc(=O)[nH]c(Sc2ncnc(NN)c2OC)n1. The molecule has 0 aliphatic carbocycles. The fraction of sp³-hybridized carbons (Fsp3) is 0.333. The first kappa shape index (κ1) is 15.3. The smallest absolute Gasteiger partial charge is 0.251 e. The lowest BCUT2D eigenvalue weighted by atomic mass is 10.2. The summed E-state index contributed by atoms with van der Waals surface area (Å²) in [6, 6.07) is 1.50. The Morgan fingerprint density at radius 3 is 2.95 bits per heavy atom. The number of aromatic nitrogens is 4. The Balaban J connectivity index is 2.36. The number of H-pyrrole nitrogens is 1. The fourth-order valence-corrected chi connectivity index (χ4v) is 2.59. The van der Waals surface area contributed by atoms with E-state index in [-0.39, 0.29) is 5.56 Å². The fourth-order valence-electron chi connectivity index (χ4n) is 1.72. The van der Waals surface area contributed by atoms with Gasteiger partial charge in [0.15, 0.2) is 21.7 Å². The Morgan fingerprint density at radius 1 is 1.48 bits per heavy atom. The van der Waals surface area contributed by atoms with Crippen molar-refractivity contribution in [1.82, 2.24) is 19.9 Å². The van der Waals surface area contributed by atoms with Gasteiger partial charge in [0, 0.05) is 11.8 Å². The van der Waals surface area contributed by atoms with Crippen LogP contribution < -0.4 is 21.6 Å². The number of aryl methyl sites for hydroxylation is 1. The van der Waals surface area contributed by atoms with Crippen molar-refractivity contribution in [2.75, 3.05) is 12.5 Å². The molecule has 0 aromatic carbocycles. The molecule has 2 rings (SSSR count). The van der Waals surface area contributed by atoms with Crippen LogP contribution in [0.4, 0.5) is 5.82 Å². The van der Waals surface area contributed by atoms with Gasteiger partial charge in [0.05, 0.1) is 7.11 Å². The minimum absolute atomic E-state index is 0.193. The first-order valence-corrected chi connectivity index (χ1v) is 7.13. The lowest BCUT2D eigenvalue weighted by Gasteiger charge is -2.10. The first-order valence-electron chi connectivity index (χ1n) is 6.31. The number of anilines is 1. The second-order valence-corrected chi connectivity index (χ2v) is 5.08. The van der Waals surface area contributed by atoms with Gasteiger partial charge in [-0.1, -0.05) is 13.3 Å². The number of hydrogen-bond donors (Lipinski definition) is 3. The molecule has 2 heterocycles. The molecule has 0 saturated carbocycles. The molecule has 0 fully saturated rings. The molecule has 0 atom stereocenters. The second kappa shape index (κ2) is 7.04. The van der Waals surface area contributed by atoms with Gasteiger partial charge in [0.1, 0.15) is 6.33 Å². The number of nitrogens with zero attached hydrogens (tertiary/aromatic N) is 3. The van der Waals surface area contributed by atoms with Crippen LogP contribution in [0.5, 0.6) is 5.75 Å². The standard InChI is InChI=1S/C12H16N6O2S/c1-3-4-7-5-8(19)17-12(16-7)21-11-9(20-2)10(18-13)14-6-15-11/h5-6H,3-4,13H2,1-2H3,(H,14,15,18)(H,16,17,19). The minimum atomic E-state index is -0.193. The van der Waals surface area contributed by atoms with Gasteiger partial charge in [-0.2, -0.15) is 0 Å². The Hall–Kier alpha value is -2.13. The van der Waals surface area contributed by atoms with Crippen molar-refractivity contribution >= 4 is 17.6 Å². The molecule has 0 aliphatic heterocycles. The van der Waals surface area contributed by atoms with E-state index in [0.717, 1.165) is 18.5 Å². The number of nitrogens with one attached hydrogen (secondary N) is 2. The molecule has 9 heteroatoms. The summed E-state index contributed by atoms with van der Waals surface area (Å²) < 4.78 is 5.24. The van der Waals surface area contributed by atoms with Crippen LogP contribution in [0.15, 0.2) is 27.4 Å². The van der Waals surface area contributed by atoms with E-state index in [2.05, 4.69) is 25.4 Å². The molecule has 0 spiro atoms. The van der Waals surface area contributed by atoms with Gasteiger partial charge >= 0.3 is 0 Å². The predicted molar refractivity (Wildman–Crippen MR) is 79.4 cm³/mol. The molecule has 0 aliphatic rings. The zero-order chi connectivity index (χ0) is 15.2. The van der Waals surface area contributed by atoms with E-state index < -0.39 is 0 Å². The number of ether oxygens (including phenoxy) is 1. The van der Waals surface area contributed by atoms with E-state index in [1.807, 2.05) is 6.92 Å². The van der Waals surface area contributed by atoms with Gasteiger partial charge in [0.25, 0.3) is 5.56 Å². The molecule has 4 N–H and O–H groups in total. The Labute approximate surface area is 125 Å². The van der Waals surface area contributed by atoms with Gasteiger partial charge < -0.3 is 15.1 Å². The van der Waals surface area contributed by atoms with E-state index in [1.165, 1.54) is 31.3 Å². The predicted octanol–water partition coefficient (Wildman–Crippen LogP) is 0.958. The molecule has 21 heavy (non-hydrogen) atoms. The first-order chi connectivity index (χ1) is 10.2. The van der Waals surface area contributed by atoms with Crippen molar-refractivity contribution in [3.8, 4) is 5.75 Å². The zero-order valence-electron chi connectivity index (χ0n) is 11.7. The van der Waals surface area contributed by atoms with E-state index in [9.17, 15) is 4.79 Å². The average Bonchev–Trinajstić information content (AvgIpc) is 2.46. The van der Waals surface area contributed by atoms with E-state index in [4.69, 9.17) is 10.6 Å². The van der Waals surface area contributed by atoms with Gasteiger partial charge in [-0.15, -0.1) is 0 Å². The molecular formula is C12H16N6O2S. The summed E-state index contributed by atoms with van der Waals surface area (Å²) in [5.41, 5.74) is 2.98.